The third kappa shape index (κ3) is 4.47. The SMILES string of the molecule is CN(C)c1ccc(/C=N/N=C(N)N[N+](=O)[O-])cc1. The Morgan fingerprint density at radius 2 is 2.06 bits per heavy atom. The minimum atomic E-state index is -0.805. The Bertz CT molecular complexity index is 466. The number of hydrazine groups is 1. The Kier molecular flexibility index (Phi) is 4.61. The first-order valence-electron chi connectivity index (χ1n) is 5.04. The molecule has 0 unspecified atom stereocenters. The van der Waals surface area contributed by atoms with Crippen molar-refractivity contribution in [1.29, 1.82) is 0 Å². The highest BCUT2D eigenvalue weighted by Crippen LogP contribution is 2.10. The Labute approximate surface area is 104 Å². The fourth-order valence-electron chi connectivity index (χ4n) is 1.13. The van der Waals surface area contributed by atoms with E-state index in [2.05, 4.69) is 10.2 Å². The van der Waals surface area contributed by atoms with Crippen molar-refractivity contribution in [1.82, 2.24) is 5.43 Å². The van der Waals surface area contributed by atoms with Gasteiger partial charge < -0.3 is 10.6 Å². The van der Waals surface area contributed by atoms with Crippen molar-refractivity contribution < 1.29 is 5.03 Å². The summed E-state index contributed by atoms with van der Waals surface area (Å²) in [5.41, 5.74) is 8.74. The van der Waals surface area contributed by atoms with Crippen LogP contribution in [0.15, 0.2) is 34.5 Å². The number of rotatable bonds is 4. The van der Waals surface area contributed by atoms with Gasteiger partial charge in [-0.2, -0.15) is 5.10 Å². The molecule has 0 spiro atoms. The molecule has 0 amide bonds. The number of nitro groups is 1. The topological polar surface area (TPSA) is 109 Å². The van der Waals surface area contributed by atoms with E-state index in [1.807, 2.05) is 43.3 Å². The Morgan fingerprint density at radius 1 is 1.44 bits per heavy atom. The lowest BCUT2D eigenvalue weighted by Crippen LogP contribution is -2.35. The van der Waals surface area contributed by atoms with Gasteiger partial charge in [0.15, 0.2) is 5.03 Å². The molecule has 96 valence electrons. The zero-order valence-electron chi connectivity index (χ0n) is 10.1. The zero-order chi connectivity index (χ0) is 13.5. The summed E-state index contributed by atoms with van der Waals surface area (Å²) < 4.78 is 0. The molecule has 0 aliphatic rings. The average Bonchev–Trinajstić information content (AvgIpc) is 2.28. The van der Waals surface area contributed by atoms with Gasteiger partial charge in [0.25, 0.3) is 5.96 Å². The van der Waals surface area contributed by atoms with E-state index < -0.39 is 5.03 Å². The molecule has 0 fully saturated rings. The van der Waals surface area contributed by atoms with Crippen molar-refractivity contribution >= 4 is 17.9 Å². The van der Waals surface area contributed by atoms with Gasteiger partial charge in [-0.15, -0.1) is 5.10 Å². The first-order valence-corrected chi connectivity index (χ1v) is 5.04. The number of anilines is 1. The van der Waals surface area contributed by atoms with Crippen LogP contribution in [0.5, 0.6) is 0 Å². The summed E-state index contributed by atoms with van der Waals surface area (Å²) in [4.78, 5) is 12.0. The van der Waals surface area contributed by atoms with Gasteiger partial charge in [-0.25, -0.2) is 10.1 Å². The number of nitrogens with zero attached hydrogens (tertiary/aromatic N) is 4. The summed E-state index contributed by atoms with van der Waals surface area (Å²) in [7, 11) is 3.88. The number of guanidine groups is 1. The lowest BCUT2D eigenvalue weighted by Gasteiger charge is -2.11. The molecule has 0 atom stereocenters. The van der Waals surface area contributed by atoms with Crippen molar-refractivity contribution in [3.63, 3.8) is 0 Å². The normalized spacial score (nSPS) is 11.6. The summed E-state index contributed by atoms with van der Waals surface area (Å²) in [6.45, 7) is 0. The van der Waals surface area contributed by atoms with Crippen LogP contribution in [0.3, 0.4) is 0 Å². The molecule has 1 aromatic carbocycles. The second-order valence-corrected chi connectivity index (χ2v) is 3.58. The average molecular weight is 250 g/mol. The van der Waals surface area contributed by atoms with Gasteiger partial charge >= 0.3 is 0 Å². The van der Waals surface area contributed by atoms with Crippen LogP contribution in [0.4, 0.5) is 5.69 Å². The molecule has 0 saturated heterocycles. The molecular weight excluding hydrogens is 236 g/mol. The third-order valence-electron chi connectivity index (χ3n) is 1.99. The lowest BCUT2D eigenvalue weighted by molar-refractivity contribution is -0.525. The van der Waals surface area contributed by atoms with E-state index in [1.54, 1.807) is 5.43 Å². The maximum Gasteiger partial charge on any atom is 0.275 e. The quantitative estimate of drug-likeness (QED) is 0.343. The minimum absolute atomic E-state index is 0.374. The molecule has 8 heteroatoms. The lowest BCUT2D eigenvalue weighted by atomic mass is 10.2. The number of nitrogens with one attached hydrogen (secondary N) is 1. The van der Waals surface area contributed by atoms with Crippen molar-refractivity contribution in [2.24, 2.45) is 15.9 Å². The number of benzene rings is 1. The first kappa shape index (κ1) is 13.4. The van der Waals surface area contributed by atoms with E-state index in [0.29, 0.717) is 0 Å². The van der Waals surface area contributed by atoms with Crippen LogP contribution in [-0.2, 0) is 0 Å². The predicted molar refractivity (Wildman–Crippen MR) is 70.1 cm³/mol. The van der Waals surface area contributed by atoms with Crippen molar-refractivity contribution in [2.75, 3.05) is 19.0 Å². The van der Waals surface area contributed by atoms with E-state index in [0.717, 1.165) is 11.3 Å². The van der Waals surface area contributed by atoms with Gasteiger partial charge in [0.2, 0.25) is 0 Å². The second kappa shape index (κ2) is 6.18. The zero-order valence-corrected chi connectivity index (χ0v) is 10.1. The van der Waals surface area contributed by atoms with Gasteiger partial charge in [0.05, 0.1) is 6.21 Å². The largest absolute Gasteiger partial charge is 0.378 e. The molecule has 0 radical (unpaired) electrons. The highest BCUT2D eigenvalue weighted by molar-refractivity contribution is 5.82. The summed E-state index contributed by atoms with van der Waals surface area (Å²) >= 11 is 0. The standard InChI is InChI=1S/C10H14N6O2/c1-15(2)9-5-3-8(4-6-9)7-12-13-10(11)14-16(17)18/h3-7H,1-2H3,(H3,11,13,14)/b12-7+. The Balaban J connectivity index is 2.64. The van der Waals surface area contributed by atoms with Crippen LogP contribution in [0.1, 0.15) is 5.56 Å². The molecule has 0 bridgehead atoms. The van der Waals surface area contributed by atoms with Crippen LogP contribution < -0.4 is 16.1 Å². The van der Waals surface area contributed by atoms with E-state index in [4.69, 9.17) is 5.73 Å². The molecule has 0 aliphatic heterocycles. The van der Waals surface area contributed by atoms with Crippen molar-refractivity contribution in [2.45, 2.75) is 0 Å². The molecule has 0 aromatic heterocycles. The van der Waals surface area contributed by atoms with Gasteiger partial charge in [0.1, 0.15) is 0 Å². The molecule has 1 aromatic rings. The molecule has 8 nitrogen and oxygen atoms in total. The van der Waals surface area contributed by atoms with Gasteiger partial charge in [-0.1, -0.05) is 17.6 Å². The van der Waals surface area contributed by atoms with E-state index >= 15 is 0 Å². The molecule has 0 aliphatic carbocycles. The van der Waals surface area contributed by atoms with Crippen LogP contribution >= 0.6 is 0 Å². The predicted octanol–water partition coefficient (Wildman–Crippen LogP) is 0.183. The maximum atomic E-state index is 10.0. The second-order valence-electron chi connectivity index (χ2n) is 3.58. The molecule has 0 heterocycles. The van der Waals surface area contributed by atoms with Crippen LogP contribution in [0, 0.1) is 10.1 Å². The van der Waals surface area contributed by atoms with E-state index in [9.17, 15) is 10.1 Å². The highest BCUT2D eigenvalue weighted by atomic mass is 16.7. The smallest absolute Gasteiger partial charge is 0.275 e. The molecule has 18 heavy (non-hydrogen) atoms. The van der Waals surface area contributed by atoms with E-state index in [-0.39, 0.29) is 5.96 Å². The first-order chi connectivity index (χ1) is 8.49. The number of nitrogens with two attached hydrogens (primary N) is 1. The number of hydrogen-bond acceptors (Lipinski definition) is 5. The van der Waals surface area contributed by atoms with Crippen LogP contribution in [-0.4, -0.2) is 31.3 Å². The van der Waals surface area contributed by atoms with E-state index in [1.165, 1.54) is 6.21 Å². The third-order valence-corrected chi connectivity index (χ3v) is 1.99. The number of hydrogen-bond donors (Lipinski definition) is 2. The molecule has 1 rings (SSSR count). The summed E-state index contributed by atoms with van der Waals surface area (Å²) in [5.74, 6) is -0.374. The summed E-state index contributed by atoms with van der Waals surface area (Å²) in [6.07, 6.45) is 1.45. The molecular formula is C10H14N6O2. The van der Waals surface area contributed by atoms with Gasteiger partial charge in [-0.3, -0.25) is 0 Å². The fraction of sp³-hybridized carbons (Fsp3) is 0.200. The van der Waals surface area contributed by atoms with Crippen LogP contribution in [0.2, 0.25) is 0 Å². The summed E-state index contributed by atoms with van der Waals surface area (Å²) in [5, 5.41) is 16.3. The maximum absolute atomic E-state index is 10.0. The molecule has 0 saturated carbocycles. The van der Waals surface area contributed by atoms with Gasteiger partial charge in [0, 0.05) is 19.8 Å². The van der Waals surface area contributed by atoms with Crippen molar-refractivity contribution in [3.05, 3.63) is 39.9 Å². The summed E-state index contributed by atoms with van der Waals surface area (Å²) in [6, 6.07) is 7.55. The molecule has 3 N–H and O–H groups in total. The monoisotopic (exact) mass is 250 g/mol. The van der Waals surface area contributed by atoms with Crippen molar-refractivity contribution in [3.8, 4) is 0 Å². The fourth-order valence-corrected chi connectivity index (χ4v) is 1.13. The Morgan fingerprint density at radius 3 is 2.56 bits per heavy atom. The van der Waals surface area contributed by atoms with Gasteiger partial charge in [-0.05, 0) is 17.7 Å². The Hall–Kier alpha value is -2.64. The minimum Gasteiger partial charge on any atom is -0.378 e. The highest BCUT2D eigenvalue weighted by Gasteiger charge is 1.97. The van der Waals surface area contributed by atoms with Crippen LogP contribution in [0.25, 0.3) is 0 Å².